The minimum atomic E-state index is -0.914. The second kappa shape index (κ2) is 7.79. The zero-order chi connectivity index (χ0) is 15.1. The van der Waals surface area contributed by atoms with Crippen LogP contribution in [-0.4, -0.2) is 34.3 Å². The average Bonchev–Trinajstić information content (AvgIpc) is 2.37. The van der Waals surface area contributed by atoms with Gasteiger partial charge in [0.15, 0.2) is 0 Å². The molecule has 0 unspecified atom stereocenters. The van der Waals surface area contributed by atoms with E-state index in [1.165, 1.54) is 0 Å². The third kappa shape index (κ3) is 4.45. The maximum absolute atomic E-state index is 11.9. The van der Waals surface area contributed by atoms with Gasteiger partial charge in [-0.05, 0) is 33.1 Å². The Labute approximate surface area is 118 Å². The molecule has 6 nitrogen and oxygen atoms in total. The lowest BCUT2D eigenvalue weighted by molar-refractivity contribution is -0.136. The molecule has 0 amide bonds. The Morgan fingerprint density at radius 1 is 1.30 bits per heavy atom. The van der Waals surface area contributed by atoms with E-state index < -0.39 is 5.97 Å². The van der Waals surface area contributed by atoms with Gasteiger partial charge in [0.25, 0.3) is 0 Å². The molecule has 0 saturated heterocycles. The number of ether oxygens (including phenoxy) is 1. The van der Waals surface area contributed by atoms with E-state index in [-0.39, 0.29) is 12.1 Å². The molecule has 1 heterocycles. The first-order valence-electron chi connectivity index (χ1n) is 6.75. The fraction of sp³-hybridized carbons (Fsp3) is 0.643. The molecule has 0 fully saturated rings. The minimum absolute atomic E-state index is 0.103. The molecule has 0 aliphatic carbocycles. The molecular weight excluding hydrogens is 260 g/mol. The molecule has 0 aliphatic rings. The first-order chi connectivity index (χ1) is 9.47. The quantitative estimate of drug-likeness (QED) is 0.727. The average molecular weight is 282 g/mol. The summed E-state index contributed by atoms with van der Waals surface area (Å²) in [6.45, 7) is 4.73. The van der Waals surface area contributed by atoms with Gasteiger partial charge < -0.3 is 9.84 Å². The molecule has 6 heteroatoms. The maximum Gasteiger partial charge on any atom is 0.347 e. The fourth-order valence-electron chi connectivity index (χ4n) is 2.20. The second-order valence-electron chi connectivity index (χ2n) is 4.82. The molecule has 112 valence electrons. The summed E-state index contributed by atoms with van der Waals surface area (Å²) in [7, 11) is 1.66. The Bertz CT molecular complexity index is 523. The predicted molar refractivity (Wildman–Crippen MR) is 75.0 cm³/mol. The number of aliphatic carboxylic acids is 1. The van der Waals surface area contributed by atoms with Gasteiger partial charge in [0.05, 0.1) is 6.42 Å². The molecule has 0 aliphatic heterocycles. The standard InChI is InChI=1S/C14H22N2O4/c1-10-12(9-13(17)18)11(2)16(14(19)15-10)7-5-4-6-8-20-3/h4-9H2,1-3H3,(H,17,18). The van der Waals surface area contributed by atoms with Gasteiger partial charge in [-0.2, -0.15) is 4.98 Å². The van der Waals surface area contributed by atoms with E-state index in [1.807, 2.05) is 0 Å². The van der Waals surface area contributed by atoms with Crippen molar-refractivity contribution in [3.8, 4) is 0 Å². The number of hydrogen-bond acceptors (Lipinski definition) is 4. The molecule has 0 saturated carbocycles. The number of carboxylic acids is 1. The van der Waals surface area contributed by atoms with Crippen molar-refractivity contribution < 1.29 is 14.6 Å². The van der Waals surface area contributed by atoms with E-state index >= 15 is 0 Å². The van der Waals surface area contributed by atoms with Gasteiger partial charge in [-0.25, -0.2) is 4.79 Å². The van der Waals surface area contributed by atoms with Crippen molar-refractivity contribution >= 4 is 5.97 Å². The maximum atomic E-state index is 11.9. The Morgan fingerprint density at radius 2 is 2.00 bits per heavy atom. The number of unbranched alkanes of at least 4 members (excludes halogenated alkanes) is 2. The molecule has 1 rings (SSSR count). The van der Waals surface area contributed by atoms with E-state index in [0.29, 0.717) is 30.1 Å². The van der Waals surface area contributed by atoms with Crippen molar-refractivity contribution in [2.24, 2.45) is 0 Å². The van der Waals surface area contributed by atoms with Gasteiger partial charge in [0, 0.05) is 37.2 Å². The lowest BCUT2D eigenvalue weighted by atomic mass is 10.1. The highest BCUT2D eigenvalue weighted by atomic mass is 16.5. The molecule has 0 spiro atoms. The number of carboxylic acid groups (broad SMARTS) is 1. The van der Waals surface area contributed by atoms with Crippen LogP contribution in [0.3, 0.4) is 0 Å². The summed E-state index contributed by atoms with van der Waals surface area (Å²) in [6, 6.07) is 0. The van der Waals surface area contributed by atoms with Crippen molar-refractivity contribution in [3.63, 3.8) is 0 Å². The number of nitrogens with zero attached hydrogens (tertiary/aromatic N) is 2. The third-order valence-corrected chi connectivity index (χ3v) is 3.33. The van der Waals surface area contributed by atoms with Crippen LogP contribution >= 0.6 is 0 Å². The zero-order valence-corrected chi connectivity index (χ0v) is 12.3. The lowest BCUT2D eigenvalue weighted by Crippen LogP contribution is -2.28. The van der Waals surface area contributed by atoms with Crippen molar-refractivity contribution in [1.82, 2.24) is 9.55 Å². The van der Waals surface area contributed by atoms with Crippen LogP contribution in [0.2, 0.25) is 0 Å². The van der Waals surface area contributed by atoms with E-state index in [2.05, 4.69) is 4.98 Å². The molecule has 0 atom stereocenters. The molecule has 20 heavy (non-hydrogen) atoms. The topological polar surface area (TPSA) is 81.4 Å². The normalized spacial score (nSPS) is 10.8. The summed E-state index contributed by atoms with van der Waals surface area (Å²) >= 11 is 0. The Hall–Kier alpha value is -1.69. The highest BCUT2D eigenvalue weighted by Gasteiger charge is 2.13. The van der Waals surface area contributed by atoms with Crippen molar-refractivity contribution in [2.75, 3.05) is 13.7 Å². The van der Waals surface area contributed by atoms with Crippen molar-refractivity contribution in [3.05, 3.63) is 27.4 Å². The van der Waals surface area contributed by atoms with Gasteiger partial charge in [-0.15, -0.1) is 0 Å². The molecule has 0 aromatic carbocycles. The molecule has 1 N–H and O–H groups in total. The highest BCUT2D eigenvalue weighted by Crippen LogP contribution is 2.11. The number of methoxy groups -OCH3 is 1. The van der Waals surface area contributed by atoms with Crippen LogP contribution in [0.25, 0.3) is 0 Å². The summed E-state index contributed by atoms with van der Waals surface area (Å²) in [4.78, 5) is 26.7. The summed E-state index contributed by atoms with van der Waals surface area (Å²) in [5.41, 5.74) is 1.54. The summed E-state index contributed by atoms with van der Waals surface area (Å²) in [5, 5.41) is 8.92. The first-order valence-corrected chi connectivity index (χ1v) is 6.75. The van der Waals surface area contributed by atoms with Gasteiger partial charge in [-0.1, -0.05) is 0 Å². The van der Waals surface area contributed by atoms with E-state index in [0.717, 1.165) is 19.3 Å². The molecule has 1 aromatic heterocycles. The third-order valence-electron chi connectivity index (χ3n) is 3.33. The molecule has 0 radical (unpaired) electrons. The number of rotatable bonds is 8. The van der Waals surface area contributed by atoms with E-state index in [1.54, 1.807) is 25.5 Å². The summed E-state index contributed by atoms with van der Waals surface area (Å²) in [6.07, 6.45) is 2.66. The minimum Gasteiger partial charge on any atom is -0.481 e. The first kappa shape index (κ1) is 16.4. The van der Waals surface area contributed by atoms with Gasteiger partial charge in [0.2, 0.25) is 0 Å². The molecule has 0 bridgehead atoms. The van der Waals surface area contributed by atoms with Crippen LogP contribution in [0.1, 0.15) is 36.2 Å². The smallest absolute Gasteiger partial charge is 0.347 e. The number of hydrogen-bond donors (Lipinski definition) is 1. The van der Waals surface area contributed by atoms with Crippen LogP contribution in [0.4, 0.5) is 0 Å². The second-order valence-corrected chi connectivity index (χ2v) is 4.82. The Kier molecular flexibility index (Phi) is 6.38. The zero-order valence-electron chi connectivity index (χ0n) is 12.3. The van der Waals surface area contributed by atoms with E-state index in [4.69, 9.17) is 9.84 Å². The number of aromatic nitrogens is 2. The number of carbonyl (C=O) groups is 1. The van der Waals surface area contributed by atoms with Gasteiger partial charge in [0.1, 0.15) is 0 Å². The van der Waals surface area contributed by atoms with Gasteiger partial charge in [-0.3, -0.25) is 9.36 Å². The summed E-state index contributed by atoms with van der Waals surface area (Å²) < 4.78 is 6.54. The van der Waals surface area contributed by atoms with Crippen molar-refractivity contribution in [1.29, 1.82) is 0 Å². The highest BCUT2D eigenvalue weighted by molar-refractivity contribution is 5.70. The molecular formula is C14H22N2O4. The molecule has 1 aromatic rings. The van der Waals surface area contributed by atoms with Crippen LogP contribution < -0.4 is 5.69 Å². The Morgan fingerprint density at radius 3 is 2.60 bits per heavy atom. The largest absolute Gasteiger partial charge is 0.481 e. The van der Waals surface area contributed by atoms with E-state index in [9.17, 15) is 9.59 Å². The fourth-order valence-corrected chi connectivity index (χ4v) is 2.20. The lowest BCUT2D eigenvalue weighted by Gasteiger charge is -2.14. The predicted octanol–water partition coefficient (Wildman–Crippen LogP) is 1.30. The van der Waals surface area contributed by atoms with Crippen molar-refractivity contribution in [2.45, 2.75) is 46.1 Å². The van der Waals surface area contributed by atoms with Crippen LogP contribution in [-0.2, 0) is 22.5 Å². The van der Waals surface area contributed by atoms with Crippen LogP contribution in [0.5, 0.6) is 0 Å². The Balaban J connectivity index is 2.84. The number of aryl methyl sites for hydroxylation is 1. The summed E-state index contributed by atoms with van der Waals surface area (Å²) in [5.74, 6) is -0.914. The SMILES string of the molecule is COCCCCCn1c(C)c(CC(=O)O)c(C)nc1=O. The van der Waals surface area contributed by atoms with Crippen LogP contribution in [0.15, 0.2) is 4.79 Å². The monoisotopic (exact) mass is 282 g/mol. The van der Waals surface area contributed by atoms with Crippen LogP contribution in [0, 0.1) is 13.8 Å². The van der Waals surface area contributed by atoms with Gasteiger partial charge >= 0.3 is 11.7 Å².